The second-order valence-electron chi connectivity index (χ2n) is 5.09. The monoisotopic (exact) mass is 253 g/mol. The molecule has 0 spiro atoms. The summed E-state index contributed by atoms with van der Waals surface area (Å²) < 4.78 is 0. The Morgan fingerprint density at radius 2 is 1.74 bits per heavy atom. The first-order valence-corrected chi connectivity index (χ1v) is 6.54. The maximum Gasteiger partial charge on any atom is 0.143 e. The highest BCUT2D eigenvalue weighted by atomic mass is 16.1. The third-order valence-electron chi connectivity index (χ3n) is 3.32. The Labute approximate surface area is 114 Å². The Morgan fingerprint density at radius 3 is 2.32 bits per heavy atom. The summed E-state index contributed by atoms with van der Waals surface area (Å²) in [6, 6.07) is 9.94. The molecule has 1 aromatic carbocycles. The molecule has 0 fully saturated rings. The molecule has 0 saturated carbocycles. The zero-order valence-corrected chi connectivity index (χ0v) is 11.7. The summed E-state index contributed by atoms with van der Waals surface area (Å²) in [6.45, 7) is 6.23. The van der Waals surface area contributed by atoms with Crippen LogP contribution in [0, 0.1) is 20.8 Å². The minimum Gasteiger partial charge on any atom is -0.299 e. The Kier molecular flexibility index (Phi) is 4.10. The molecule has 0 aliphatic carbocycles. The fourth-order valence-electron chi connectivity index (χ4n) is 2.45. The molecule has 2 heteroatoms. The fourth-order valence-corrected chi connectivity index (χ4v) is 2.45. The predicted molar refractivity (Wildman–Crippen MR) is 77.3 cm³/mol. The summed E-state index contributed by atoms with van der Waals surface area (Å²) in [7, 11) is 0. The van der Waals surface area contributed by atoms with E-state index in [4.69, 9.17) is 0 Å². The van der Waals surface area contributed by atoms with E-state index >= 15 is 0 Å². The van der Waals surface area contributed by atoms with Crippen molar-refractivity contribution in [1.29, 1.82) is 0 Å². The van der Waals surface area contributed by atoms with Crippen LogP contribution in [0.1, 0.15) is 27.9 Å². The maximum atomic E-state index is 12.1. The smallest absolute Gasteiger partial charge is 0.143 e. The van der Waals surface area contributed by atoms with E-state index in [9.17, 15) is 4.79 Å². The molecule has 0 unspecified atom stereocenters. The lowest BCUT2D eigenvalue weighted by Gasteiger charge is -2.10. The molecule has 0 radical (unpaired) electrons. The van der Waals surface area contributed by atoms with Crippen molar-refractivity contribution in [1.82, 2.24) is 4.98 Å². The minimum atomic E-state index is 0.216. The minimum absolute atomic E-state index is 0.216. The van der Waals surface area contributed by atoms with E-state index in [-0.39, 0.29) is 5.78 Å². The summed E-state index contributed by atoms with van der Waals surface area (Å²) in [4.78, 5) is 16.3. The lowest BCUT2D eigenvalue weighted by atomic mass is 9.95. The van der Waals surface area contributed by atoms with E-state index in [1.807, 2.05) is 18.2 Å². The Hall–Kier alpha value is -1.96. The highest BCUT2D eigenvalue weighted by Crippen LogP contribution is 2.17. The molecular weight excluding hydrogens is 234 g/mol. The van der Waals surface area contributed by atoms with Gasteiger partial charge < -0.3 is 0 Å². The van der Waals surface area contributed by atoms with Crippen LogP contribution in [0.4, 0.5) is 0 Å². The third-order valence-corrected chi connectivity index (χ3v) is 3.32. The van der Waals surface area contributed by atoms with E-state index in [0.717, 1.165) is 11.3 Å². The lowest BCUT2D eigenvalue weighted by molar-refractivity contribution is -0.117. The number of benzene rings is 1. The quantitative estimate of drug-likeness (QED) is 0.836. The van der Waals surface area contributed by atoms with Gasteiger partial charge in [0.15, 0.2) is 0 Å². The van der Waals surface area contributed by atoms with E-state index in [1.165, 1.54) is 16.7 Å². The molecule has 2 nitrogen and oxygen atoms in total. The molecule has 0 N–H and O–H groups in total. The summed E-state index contributed by atoms with van der Waals surface area (Å²) >= 11 is 0. The zero-order valence-electron chi connectivity index (χ0n) is 11.7. The van der Waals surface area contributed by atoms with Crippen LogP contribution in [0.15, 0.2) is 36.5 Å². The van der Waals surface area contributed by atoms with Crippen molar-refractivity contribution in [3.63, 3.8) is 0 Å². The zero-order chi connectivity index (χ0) is 13.8. The normalized spacial score (nSPS) is 10.5. The topological polar surface area (TPSA) is 30.0 Å². The molecule has 0 amide bonds. The van der Waals surface area contributed by atoms with Crippen molar-refractivity contribution in [2.45, 2.75) is 33.6 Å². The van der Waals surface area contributed by atoms with Gasteiger partial charge in [-0.15, -0.1) is 0 Å². The number of rotatable bonds is 4. The summed E-state index contributed by atoms with van der Waals surface area (Å²) in [5.74, 6) is 0.216. The van der Waals surface area contributed by atoms with Gasteiger partial charge in [-0.05, 0) is 49.6 Å². The van der Waals surface area contributed by atoms with Gasteiger partial charge in [-0.2, -0.15) is 0 Å². The summed E-state index contributed by atoms with van der Waals surface area (Å²) in [5.41, 5.74) is 5.65. The van der Waals surface area contributed by atoms with Gasteiger partial charge in [0.2, 0.25) is 0 Å². The molecule has 2 aromatic rings. The second-order valence-corrected chi connectivity index (χ2v) is 5.09. The van der Waals surface area contributed by atoms with Crippen LogP contribution in [0.5, 0.6) is 0 Å². The van der Waals surface area contributed by atoms with Crippen molar-refractivity contribution >= 4 is 5.78 Å². The SMILES string of the molecule is Cc1cc(C)c(CC(=O)Cc2ccccn2)c(C)c1. The Balaban J connectivity index is 2.12. The van der Waals surface area contributed by atoms with Gasteiger partial charge in [-0.25, -0.2) is 0 Å². The average Bonchev–Trinajstić information content (AvgIpc) is 2.35. The number of hydrogen-bond donors (Lipinski definition) is 0. The van der Waals surface area contributed by atoms with E-state index in [2.05, 4.69) is 37.9 Å². The van der Waals surface area contributed by atoms with Gasteiger partial charge in [0.25, 0.3) is 0 Å². The van der Waals surface area contributed by atoms with Gasteiger partial charge in [0.1, 0.15) is 5.78 Å². The second kappa shape index (κ2) is 5.79. The number of aromatic nitrogens is 1. The summed E-state index contributed by atoms with van der Waals surface area (Å²) in [6.07, 6.45) is 2.63. The van der Waals surface area contributed by atoms with Crippen molar-refractivity contribution < 1.29 is 4.79 Å². The number of pyridine rings is 1. The fraction of sp³-hybridized carbons (Fsp3) is 0.294. The Bertz CT molecular complexity index is 564. The summed E-state index contributed by atoms with van der Waals surface area (Å²) in [5, 5.41) is 0. The van der Waals surface area contributed by atoms with Gasteiger partial charge in [0, 0.05) is 24.7 Å². The molecular formula is C17H19NO. The van der Waals surface area contributed by atoms with E-state index in [1.54, 1.807) is 6.20 Å². The van der Waals surface area contributed by atoms with Crippen LogP contribution in [0.25, 0.3) is 0 Å². The Morgan fingerprint density at radius 1 is 1.05 bits per heavy atom. The lowest BCUT2D eigenvalue weighted by Crippen LogP contribution is -2.10. The number of nitrogens with zero attached hydrogens (tertiary/aromatic N) is 1. The molecule has 98 valence electrons. The van der Waals surface area contributed by atoms with Crippen LogP contribution in [0.2, 0.25) is 0 Å². The van der Waals surface area contributed by atoms with Crippen LogP contribution in [-0.4, -0.2) is 10.8 Å². The first kappa shape index (κ1) is 13.5. The number of carbonyl (C=O) groups excluding carboxylic acids is 1. The largest absolute Gasteiger partial charge is 0.299 e. The van der Waals surface area contributed by atoms with E-state index in [0.29, 0.717) is 12.8 Å². The first-order chi connectivity index (χ1) is 9.06. The molecule has 0 bridgehead atoms. The van der Waals surface area contributed by atoms with Crippen LogP contribution < -0.4 is 0 Å². The van der Waals surface area contributed by atoms with Crippen molar-refractivity contribution in [3.8, 4) is 0 Å². The number of aryl methyl sites for hydroxylation is 3. The van der Waals surface area contributed by atoms with E-state index < -0.39 is 0 Å². The highest BCUT2D eigenvalue weighted by Gasteiger charge is 2.10. The molecule has 2 rings (SSSR count). The molecule has 0 saturated heterocycles. The molecule has 1 aromatic heterocycles. The van der Waals surface area contributed by atoms with Crippen LogP contribution in [-0.2, 0) is 17.6 Å². The first-order valence-electron chi connectivity index (χ1n) is 6.54. The van der Waals surface area contributed by atoms with Crippen molar-refractivity contribution in [2.75, 3.05) is 0 Å². The van der Waals surface area contributed by atoms with Crippen molar-refractivity contribution in [3.05, 3.63) is 64.5 Å². The molecule has 19 heavy (non-hydrogen) atoms. The molecule has 0 aliphatic rings. The maximum absolute atomic E-state index is 12.1. The third kappa shape index (κ3) is 3.50. The predicted octanol–water partition coefficient (Wildman–Crippen LogP) is 3.36. The van der Waals surface area contributed by atoms with Gasteiger partial charge in [0.05, 0.1) is 0 Å². The van der Waals surface area contributed by atoms with Gasteiger partial charge in [-0.3, -0.25) is 9.78 Å². The number of Topliss-reactive ketones (excluding diaryl/α,β-unsaturated/α-hetero) is 1. The average molecular weight is 253 g/mol. The van der Waals surface area contributed by atoms with Crippen LogP contribution in [0.3, 0.4) is 0 Å². The molecule has 0 atom stereocenters. The van der Waals surface area contributed by atoms with Crippen molar-refractivity contribution in [2.24, 2.45) is 0 Å². The molecule has 0 aliphatic heterocycles. The highest BCUT2D eigenvalue weighted by molar-refractivity contribution is 5.83. The standard InChI is InChI=1S/C17H19NO/c1-12-8-13(2)17(14(3)9-12)11-16(19)10-15-6-4-5-7-18-15/h4-9H,10-11H2,1-3H3. The number of carbonyl (C=O) groups is 1. The number of ketones is 1. The number of hydrogen-bond acceptors (Lipinski definition) is 2. The van der Waals surface area contributed by atoms with Gasteiger partial charge >= 0.3 is 0 Å². The van der Waals surface area contributed by atoms with Crippen LogP contribution >= 0.6 is 0 Å². The molecule has 1 heterocycles. The van der Waals surface area contributed by atoms with Gasteiger partial charge in [-0.1, -0.05) is 23.8 Å².